The van der Waals surface area contributed by atoms with Crippen molar-refractivity contribution in [2.45, 2.75) is 0 Å². The molecule has 0 atom stereocenters. The van der Waals surface area contributed by atoms with E-state index in [2.05, 4.69) is 20.3 Å². The summed E-state index contributed by atoms with van der Waals surface area (Å²) in [5.74, 6) is 1.04. The first-order valence-electron chi connectivity index (χ1n) is 7.23. The molecule has 3 aromatic heterocycles. The van der Waals surface area contributed by atoms with Gasteiger partial charge in [-0.3, -0.25) is 4.79 Å². The second-order valence-corrected chi connectivity index (χ2v) is 5.57. The molecule has 7 heteroatoms. The monoisotopic (exact) mass is 336 g/mol. The lowest BCUT2D eigenvalue weighted by atomic mass is 10.2. The van der Waals surface area contributed by atoms with Crippen molar-refractivity contribution >= 4 is 34.8 Å². The third kappa shape index (κ3) is 2.61. The number of hydrogen-bond donors (Lipinski definition) is 3. The predicted molar refractivity (Wildman–Crippen MR) is 93.4 cm³/mol. The van der Waals surface area contributed by atoms with Crippen LogP contribution in [-0.4, -0.2) is 20.9 Å². The Morgan fingerprint density at radius 3 is 2.92 bits per heavy atom. The number of carbonyl (C=O) groups is 1. The molecule has 0 radical (unpaired) electrons. The molecule has 0 unspecified atom stereocenters. The van der Waals surface area contributed by atoms with Crippen molar-refractivity contribution in [3.63, 3.8) is 0 Å². The number of carbonyl (C=O) groups excluding carboxylic acids is 1. The van der Waals surface area contributed by atoms with Gasteiger partial charge in [0.2, 0.25) is 0 Å². The van der Waals surface area contributed by atoms with Crippen LogP contribution in [0.4, 0.5) is 5.69 Å². The zero-order chi connectivity index (χ0) is 16.5. The van der Waals surface area contributed by atoms with E-state index in [1.165, 1.54) is 0 Å². The number of benzene rings is 1. The number of furan rings is 1. The third-order valence-electron chi connectivity index (χ3n) is 3.56. The lowest BCUT2D eigenvalue weighted by Gasteiger charge is -2.05. The Bertz CT molecular complexity index is 1080. The van der Waals surface area contributed by atoms with Crippen LogP contribution in [0, 0.1) is 4.64 Å². The maximum absolute atomic E-state index is 12.3. The molecule has 0 bridgehead atoms. The van der Waals surface area contributed by atoms with Crippen molar-refractivity contribution in [2.24, 2.45) is 0 Å². The number of aromatic nitrogens is 3. The predicted octanol–water partition coefficient (Wildman–Crippen LogP) is 4.13. The van der Waals surface area contributed by atoms with Gasteiger partial charge < -0.3 is 19.7 Å². The Balaban J connectivity index is 1.64. The van der Waals surface area contributed by atoms with Crippen molar-refractivity contribution in [3.05, 3.63) is 65.1 Å². The molecule has 0 aliphatic carbocycles. The number of H-pyrrole nitrogens is 2. The highest BCUT2D eigenvalue weighted by Gasteiger charge is 2.11. The van der Waals surface area contributed by atoms with E-state index in [9.17, 15) is 4.79 Å². The lowest BCUT2D eigenvalue weighted by molar-refractivity contribution is 0.102. The fourth-order valence-electron chi connectivity index (χ4n) is 2.42. The van der Waals surface area contributed by atoms with E-state index in [0.29, 0.717) is 27.5 Å². The summed E-state index contributed by atoms with van der Waals surface area (Å²) in [5.41, 5.74) is 2.67. The summed E-state index contributed by atoms with van der Waals surface area (Å²) in [4.78, 5) is 22.8. The second-order valence-electron chi connectivity index (χ2n) is 5.16. The van der Waals surface area contributed by atoms with E-state index in [1.54, 1.807) is 36.7 Å². The van der Waals surface area contributed by atoms with E-state index in [1.807, 2.05) is 18.2 Å². The number of fused-ring (bicyclic) bond motifs is 1. The van der Waals surface area contributed by atoms with Gasteiger partial charge in [-0.2, -0.15) is 0 Å². The minimum absolute atomic E-state index is 0.262. The summed E-state index contributed by atoms with van der Waals surface area (Å²) < 4.78 is 5.74. The van der Waals surface area contributed by atoms with Gasteiger partial charge in [0, 0.05) is 11.9 Å². The number of imidazole rings is 1. The smallest absolute Gasteiger partial charge is 0.258 e. The van der Waals surface area contributed by atoms with Gasteiger partial charge in [0.05, 0.1) is 22.9 Å². The average Bonchev–Trinajstić information content (AvgIpc) is 3.24. The van der Waals surface area contributed by atoms with Crippen molar-refractivity contribution < 1.29 is 9.21 Å². The molecule has 1 aromatic carbocycles. The van der Waals surface area contributed by atoms with E-state index in [0.717, 1.165) is 11.0 Å². The van der Waals surface area contributed by atoms with Gasteiger partial charge in [-0.15, -0.1) is 0 Å². The molecule has 0 saturated carbocycles. The van der Waals surface area contributed by atoms with Gasteiger partial charge in [-0.1, -0.05) is 12.2 Å². The van der Waals surface area contributed by atoms with E-state index in [4.69, 9.17) is 16.6 Å². The van der Waals surface area contributed by atoms with Crippen molar-refractivity contribution in [3.8, 4) is 11.6 Å². The minimum atomic E-state index is -0.262. The summed E-state index contributed by atoms with van der Waals surface area (Å²) in [7, 11) is 0. The maximum Gasteiger partial charge on any atom is 0.258 e. The average molecular weight is 336 g/mol. The molecular formula is C17H12N4O2S. The molecule has 0 saturated heterocycles. The Hall–Kier alpha value is -3.19. The maximum atomic E-state index is 12.3. The summed E-state index contributed by atoms with van der Waals surface area (Å²) in [6, 6.07) is 12.5. The van der Waals surface area contributed by atoms with E-state index < -0.39 is 0 Å². The van der Waals surface area contributed by atoms with Gasteiger partial charge in [0.25, 0.3) is 5.91 Å². The van der Waals surface area contributed by atoms with E-state index >= 15 is 0 Å². The quantitative estimate of drug-likeness (QED) is 0.491. The minimum Gasteiger partial charge on any atom is -0.461 e. The molecule has 118 valence electrons. The Labute approximate surface area is 141 Å². The summed E-state index contributed by atoms with van der Waals surface area (Å²) in [6.45, 7) is 0. The molecule has 0 aliphatic rings. The first-order valence-corrected chi connectivity index (χ1v) is 7.64. The molecule has 1 amide bonds. The standard InChI is InChI=1S/C17H12N4O2S/c22-16(11-3-1-7-18-17(11)24)19-10-5-6-12-13(9-10)21-15(20-12)14-4-2-8-23-14/h1-9H,(H,18,24)(H,19,22)(H,20,21). The lowest BCUT2D eigenvalue weighted by Crippen LogP contribution is -2.12. The largest absolute Gasteiger partial charge is 0.461 e. The van der Waals surface area contributed by atoms with Crippen molar-refractivity contribution in [1.82, 2.24) is 15.0 Å². The molecule has 4 rings (SSSR count). The number of nitrogens with zero attached hydrogens (tertiary/aromatic N) is 1. The zero-order valence-corrected chi connectivity index (χ0v) is 13.2. The Kier molecular flexibility index (Phi) is 3.47. The molecule has 0 fully saturated rings. The Morgan fingerprint density at radius 2 is 2.12 bits per heavy atom. The molecule has 3 heterocycles. The number of rotatable bonds is 3. The van der Waals surface area contributed by atoms with Gasteiger partial charge in [0.1, 0.15) is 4.64 Å². The van der Waals surface area contributed by atoms with Crippen molar-refractivity contribution in [2.75, 3.05) is 5.32 Å². The number of amides is 1. The van der Waals surface area contributed by atoms with Gasteiger partial charge in [-0.05, 0) is 42.5 Å². The Morgan fingerprint density at radius 1 is 1.21 bits per heavy atom. The normalized spacial score (nSPS) is 10.8. The number of pyridine rings is 1. The third-order valence-corrected chi connectivity index (χ3v) is 3.89. The fourth-order valence-corrected chi connectivity index (χ4v) is 2.64. The van der Waals surface area contributed by atoms with E-state index in [-0.39, 0.29) is 5.91 Å². The zero-order valence-electron chi connectivity index (χ0n) is 12.4. The molecule has 3 N–H and O–H groups in total. The number of anilines is 1. The van der Waals surface area contributed by atoms with Crippen LogP contribution in [0.1, 0.15) is 10.4 Å². The summed E-state index contributed by atoms with van der Waals surface area (Å²) >= 11 is 5.13. The van der Waals surface area contributed by atoms with Crippen LogP contribution in [0.3, 0.4) is 0 Å². The van der Waals surface area contributed by atoms with Crippen LogP contribution in [0.5, 0.6) is 0 Å². The van der Waals surface area contributed by atoms with Crippen LogP contribution in [0.2, 0.25) is 0 Å². The van der Waals surface area contributed by atoms with Crippen LogP contribution in [0.15, 0.2) is 59.3 Å². The highest BCUT2D eigenvalue weighted by Crippen LogP contribution is 2.23. The highest BCUT2D eigenvalue weighted by atomic mass is 32.1. The van der Waals surface area contributed by atoms with Gasteiger partial charge >= 0.3 is 0 Å². The topological polar surface area (TPSA) is 86.7 Å². The molecule has 0 spiro atoms. The first kappa shape index (κ1) is 14.4. The van der Waals surface area contributed by atoms with Gasteiger partial charge in [-0.25, -0.2) is 4.98 Å². The van der Waals surface area contributed by atoms with Crippen LogP contribution in [-0.2, 0) is 0 Å². The number of nitrogens with one attached hydrogen (secondary N) is 3. The summed E-state index contributed by atoms with van der Waals surface area (Å²) in [5, 5.41) is 2.84. The first-order chi connectivity index (χ1) is 11.7. The molecule has 24 heavy (non-hydrogen) atoms. The number of hydrogen-bond acceptors (Lipinski definition) is 4. The fraction of sp³-hybridized carbons (Fsp3) is 0. The summed E-state index contributed by atoms with van der Waals surface area (Å²) in [6.07, 6.45) is 3.28. The molecule has 4 aromatic rings. The van der Waals surface area contributed by atoms with Gasteiger partial charge in [0.15, 0.2) is 11.6 Å². The molecular weight excluding hydrogens is 324 g/mol. The van der Waals surface area contributed by atoms with Crippen LogP contribution in [0.25, 0.3) is 22.6 Å². The molecule has 6 nitrogen and oxygen atoms in total. The second kappa shape index (κ2) is 5.78. The van der Waals surface area contributed by atoms with Crippen LogP contribution < -0.4 is 5.32 Å². The molecule has 0 aliphatic heterocycles. The number of aromatic amines is 2. The SMILES string of the molecule is O=C(Nc1ccc2nc(-c3ccco3)[nH]c2c1)c1ccc[nH]c1=S. The van der Waals surface area contributed by atoms with Crippen molar-refractivity contribution in [1.29, 1.82) is 0 Å². The highest BCUT2D eigenvalue weighted by molar-refractivity contribution is 7.71. The van der Waals surface area contributed by atoms with Crippen LogP contribution >= 0.6 is 12.2 Å².